The van der Waals surface area contributed by atoms with Crippen LogP contribution in [0.1, 0.15) is 17.2 Å². The third-order valence-electron chi connectivity index (χ3n) is 3.08. The van der Waals surface area contributed by atoms with E-state index in [1.165, 1.54) is 0 Å². The number of rotatable bonds is 5. The van der Waals surface area contributed by atoms with Gasteiger partial charge in [0.15, 0.2) is 0 Å². The minimum Gasteiger partial charge on any atom is -0.350 e. The van der Waals surface area contributed by atoms with Crippen molar-refractivity contribution >= 4 is 45.8 Å². The standard InChI is InChI=1S/C14H16BrClN4O.ClH/c1-17-13(10-7-19-20(2)8-10)14(21)18-6-9-3-4-11(15)5-12(9)16;/h3-5,7-8,13,17H,6H2,1-2H3,(H,18,21);1H. The van der Waals surface area contributed by atoms with Crippen LogP contribution in [0.15, 0.2) is 35.1 Å². The maximum Gasteiger partial charge on any atom is 0.242 e. The summed E-state index contributed by atoms with van der Waals surface area (Å²) >= 11 is 9.49. The molecule has 8 heteroatoms. The molecule has 0 spiro atoms. The van der Waals surface area contributed by atoms with Crippen molar-refractivity contribution in [3.8, 4) is 0 Å². The van der Waals surface area contributed by atoms with E-state index >= 15 is 0 Å². The monoisotopic (exact) mass is 406 g/mol. The third-order valence-corrected chi connectivity index (χ3v) is 3.92. The van der Waals surface area contributed by atoms with E-state index < -0.39 is 6.04 Å². The molecule has 120 valence electrons. The van der Waals surface area contributed by atoms with Gasteiger partial charge in [0.25, 0.3) is 0 Å². The molecule has 0 aliphatic rings. The molecular weight excluding hydrogens is 391 g/mol. The van der Waals surface area contributed by atoms with Crippen LogP contribution >= 0.6 is 39.9 Å². The molecule has 2 rings (SSSR count). The van der Waals surface area contributed by atoms with Crippen LogP contribution in [0.5, 0.6) is 0 Å². The first-order valence-corrected chi connectivity index (χ1v) is 7.56. The van der Waals surface area contributed by atoms with Gasteiger partial charge in [0.05, 0.1) is 6.20 Å². The van der Waals surface area contributed by atoms with Gasteiger partial charge in [-0.3, -0.25) is 9.48 Å². The fraction of sp³-hybridized carbons (Fsp3) is 0.286. The number of amides is 1. The van der Waals surface area contributed by atoms with Gasteiger partial charge in [0.1, 0.15) is 6.04 Å². The zero-order valence-electron chi connectivity index (χ0n) is 12.1. The second-order valence-electron chi connectivity index (χ2n) is 4.62. The minimum absolute atomic E-state index is 0. The Morgan fingerprint density at radius 1 is 1.50 bits per heavy atom. The summed E-state index contributed by atoms with van der Waals surface area (Å²) in [7, 11) is 3.56. The molecule has 1 atom stereocenters. The second kappa shape index (κ2) is 8.53. The van der Waals surface area contributed by atoms with Crippen LogP contribution in [0.3, 0.4) is 0 Å². The van der Waals surface area contributed by atoms with Crippen molar-refractivity contribution in [3.05, 3.63) is 51.2 Å². The van der Waals surface area contributed by atoms with Crippen molar-refractivity contribution in [2.45, 2.75) is 12.6 Å². The highest BCUT2D eigenvalue weighted by molar-refractivity contribution is 9.10. The topological polar surface area (TPSA) is 59.0 Å². The third kappa shape index (κ3) is 4.71. The Balaban J connectivity index is 0.00000242. The molecule has 1 amide bonds. The molecular formula is C14H17BrCl2N4O. The quantitative estimate of drug-likeness (QED) is 0.801. The number of nitrogens with one attached hydrogen (secondary N) is 2. The van der Waals surface area contributed by atoms with Crippen LogP contribution in [0.25, 0.3) is 0 Å². The molecule has 2 aromatic rings. The number of likely N-dealkylation sites (N-methyl/N-ethyl adjacent to an activating group) is 1. The lowest BCUT2D eigenvalue weighted by Crippen LogP contribution is -2.35. The summed E-state index contributed by atoms with van der Waals surface area (Å²) in [6.07, 6.45) is 3.49. The maximum absolute atomic E-state index is 12.3. The van der Waals surface area contributed by atoms with E-state index in [0.29, 0.717) is 11.6 Å². The number of carbonyl (C=O) groups excluding carboxylic acids is 1. The predicted molar refractivity (Wildman–Crippen MR) is 93.3 cm³/mol. The number of aryl methyl sites for hydroxylation is 1. The molecule has 0 saturated heterocycles. The molecule has 5 nitrogen and oxygen atoms in total. The number of nitrogens with zero attached hydrogens (tertiary/aromatic N) is 2. The molecule has 0 aliphatic carbocycles. The molecule has 0 saturated carbocycles. The highest BCUT2D eigenvalue weighted by Gasteiger charge is 2.19. The van der Waals surface area contributed by atoms with Gasteiger partial charge < -0.3 is 10.6 Å². The largest absolute Gasteiger partial charge is 0.350 e. The summed E-state index contributed by atoms with van der Waals surface area (Å²) in [6, 6.07) is 5.14. The van der Waals surface area contributed by atoms with E-state index in [9.17, 15) is 4.79 Å². The van der Waals surface area contributed by atoms with Crippen LogP contribution in [0, 0.1) is 0 Å². The van der Waals surface area contributed by atoms with Gasteiger partial charge in [0, 0.05) is 34.8 Å². The van der Waals surface area contributed by atoms with Crippen molar-refractivity contribution in [1.29, 1.82) is 0 Å². The number of halogens is 3. The molecule has 0 radical (unpaired) electrons. The van der Waals surface area contributed by atoms with Crippen LogP contribution in [-0.4, -0.2) is 22.7 Å². The molecule has 0 aliphatic heterocycles. The molecule has 22 heavy (non-hydrogen) atoms. The van der Waals surface area contributed by atoms with E-state index in [2.05, 4.69) is 31.7 Å². The smallest absolute Gasteiger partial charge is 0.242 e. The average Bonchev–Trinajstić information content (AvgIpc) is 2.85. The van der Waals surface area contributed by atoms with E-state index in [1.807, 2.05) is 25.4 Å². The summed E-state index contributed by atoms with van der Waals surface area (Å²) in [4.78, 5) is 12.3. The Kier molecular flexibility index (Phi) is 7.35. The molecule has 1 unspecified atom stereocenters. The lowest BCUT2D eigenvalue weighted by atomic mass is 10.1. The van der Waals surface area contributed by atoms with Gasteiger partial charge in [-0.25, -0.2) is 0 Å². The zero-order chi connectivity index (χ0) is 15.4. The van der Waals surface area contributed by atoms with Crippen molar-refractivity contribution < 1.29 is 4.79 Å². The molecule has 1 aromatic carbocycles. The zero-order valence-corrected chi connectivity index (χ0v) is 15.3. The van der Waals surface area contributed by atoms with Crippen LogP contribution < -0.4 is 10.6 Å². The van der Waals surface area contributed by atoms with Gasteiger partial charge in [-0.2, -0.15) is 5.10 Å². The Bertz CT molecular complexity index is 648. The first-order valence-electron chi connectivity index (χ1n) is 6.38. The second-order valence-corrected chi connectivity index (χ2v) is 5.95. The molecule has 0 fully saturated rings. The lowest BCUT2D eigenvalue weighted by molar-refractivity contribution is -0.123. The maximum atomic E-state index is 12.3. The highest BCUT2D eigenvalue weighted by atomic mass is 79.9. The first-order chi connectivity index (χ1) is 10.0. The van der Waals surface area contributed by atoms with Gasteiger partial charge in [-0.15, -0.1) is 12.4 Å². The first kappa shape index (κ1) is 19.0. The molecule has 1 aromatic heterocycles. The Labute approximate surface area is 149 Å². The van der Waals surface area contributed by atoms with Gasteiger partial charge in [0.2, 0.25) is 5.91 Å². The summed E-state index contributed by atoms with van der Waals surface area (Å²) in [6.45, 7) is 0.378. The fourth-order valence-corrected chi connectivity index (χ4v) is 2.73. The Morgan fingerprint density at radius 2 is 2.23 bits per heavy atom. The molecule has 1 heterocycles. The summed E-state index contributed by atoms with van der Waals surface area (Å²) < 4.78 is 2.57. The lowest BCUT2D eigenvalue weighted by Gasteiger charge is -2.15. The average molecular weight is 408 g/mol. The van der Waals surface area contributed by atoms with Crippen LogP contribution in [0.4, 0.5) is 0 Å². The summed E-state index contributed by atoms with van der Waals surface area (Å²) in [5.41, 5.74) is 1.69. The number of carbonyl (C=O) groups is 1. The van der Waals surface area contributed by atoms with Crippen molar-refractivity contribution in [2.24, 2.45) is 7.05 Å². The fourth-order valence-electron chi connectivity index (χ4n) is 1.99. The normalized spacial score (nSPS) is 11.6. The van der Waals surface area contributed by atoms with Crippen LogP contribution in [0.2, 0.25) is 5.02 Å². The number of hydrogen-bond acceptors (Lipinski definition) is 3. The van der Waals surface area contributed by atoms with E-state index in [1.54, 1.807) is 24.0 Å². The Hall–Kier alpha value is -1.08. The number of aromatic nitrogens is 2. The van der Waals surface area contributed by atoms with E-state index in [-0.39, 0.29) is 18.3 Å². The van der Waals surface area contributed by atoms with Crippen molar-refractivity contribution in [1.82, 2.24) is 20.4 Å². The highest BCUT2D eigenvalue weighted by Crippen LogP contribution is 2.21. The SMILES string of the molecule is CNC(C(=O)NCc1ccc(Br)cc1Cl)c1cnn(C)c1.Cl. The predicted octanol–water partition coefficient (Wildman–Crippen LogP) is 2.83. The Morgan fingerprint density at radius 3 is 2.77 bits per heavy atom. The molecule has 0 bridgehead atoms. The molecule has 2 N–H and O–H groups in total. The van der Waals surface area contributed by atoms with E-state index in [4.69, 9.17) is 11.6 Å². The van der Waals surface area contributed by atoms with Crippen molar-refractivity contribution in [2.75, 3.05) is 7.05 Å². The summed E-state index contributed by atoms with van der Waals surface area (Å²) in [5.74, 6) is -0.121. The minimum atomic E-state index is -0.437. The number of hydrogen-bond donors (Lipinski definition) is 2. The summed E-state index contributed by atoms with van der Waals surface area (Å²) in [5, 5.41) is 10.6. The van der Waals surface area contributed by atoms with E-state index in [0.717, 1.165) is 15.6 Å². The number of benzene rings is 1. The van der Waals surface area contributed by atoms with Gasteiger partial charge in [-0.1, -0.05) is 33.6 Å². The van der Waals surface area contributed by atoms with Crippen molar-refractivity contribution in [3.63, 3.8) is 0 Å². The van der Waals surface area contributed by atoms with Gasteiger partial charge >= 0.3 is 0 Å². The van der Waals surface area contributed by atoms with Gasteiger partial charge in [-0.05, 0) is 24.7 Å². The van der Waals surface area contributed by atoms with Crippen LogP contribution in [-0.2, 0) is 18.4 Å².